The molecule has 0 heteroatoms. The minimum atomic E-state index is 0.407. The summed E-state index contributed by atoms with van der Waals surface area (Å²) in [6.07, 6.45) is 22.5. The topological polar surface area (TPSA) is 0 Å². The molecular formula is C23H40. The van der Waals surface area contributed by atoms with Gasteiger partial charge in [-0.05, 0) is 50.9 Å². The Morgan fingerprint density at radius 2 is 1.57 bits per heavy atom. The lowest BCUT2D eigenvalue weighted by Crippen LogP contribution is -2.22. The highest BCUT2D eigenvalue weighted by molar-refractivity contribution is 5.15. The third-order valence-corrected chi connectivity index (χ3v) is 6.39. The lowest BCUT2D eigenvalue weighted by molar-refractivity contribution is 0.248. The molecule has 0 unspecified atom stereocenters. The van der Waals surface area contributed by atoms with Gasteiger partial charge in [0.25, 0.3) is 0 Å². The molecule has 2 rings (SSSR count). The van der Waals surface area contributed by atoms with Gasteiger partial charge in [0.1, 0.15) is 0 Å². The second-order valence-corrected chi connectivity index (χ2v) is 8.43. The van der Waals surface area contributed by atoms with Crippen molar-refractivity contribution in [2.24, 2.45) is 17.3 Å². The molecule has 2 saturated carbocycles. The van der Waals surface area contributed by atoms with E-state index in [9.17, 15) is 0 Å². The Kier molecular flexibility index (Phi) is 8.57. The minimum absolute atomic E-state index is 0.407. The van der Waals surface area contributed by atoms with Crippen molar-refractivity contribution in [2.75, 3.05) is 0 Å². The van der Waals surface area contributed by atoms with Crippen LogP contribution in [-0.2, 0) is 0 Å². The summed E-state index contributed by atoms with van der Waals surface area (Å²) in [4.78, 5) is 0. The Morgan fingerprint density at radius 1 is 0.826 bits per heavy atom. The van der Waals surface area contributed by atoms with Gasteiger partial charge in [-0.1, -0.05) is 83.5 Å². The van der Waals surface area contributed by atoms with E-state index in [1.165, 1.54) is 103 Å². The summed E-state index contributed by atoms with van der Waals surface area (Å²) in [5.74, 6) is 9.33. The molecule has 0 amide bonds. The van der Waals surface area contributed by atoms with Crippen LogP contribution in [0, 0.1) is 29.1 Å². The molecule has 0 nitrogen and oxygen atoms in total. The van der Waals surface area contributed by atoms with Crippen LogP contribution in [0.5, 0.6) is 0 Å². The van der Waals surface area contributed by atoms with Crippen molar-refractivity contribution in [1.29, 1.82) is 0 Å². The summed E-state index contributed by atoms with van der Waals surface area (Å²) in [5, 5.41) is 0. The quantitative estimate of drug-likeness (QED) is 0.336. The second kappa shape index (κ2) is 10.4. The normalized spacial score (nSPS) is 27.2. The van der Waals surface area contributed by atoms with Gasteiger partial charge in [-0.2, -0.15) is 0 Å². The predicted octanol–water partition coefficient (Wildman–Crippen LogP) is 7.52. The second-order valence-electron chi connectivity index (χ2n) is 8.43. The average Bonchev–Trinajstić information content (AvgIpc) is 2.59. The van der Waals surface area contributed by atoms with Gasteiger partial charge in [0.15, 0.2) is 0 Å². The smallest absolute Gasteiger partial charge is 0.0314 e. The third kappa shape index (κ3) is 6.52. The van der Waals surface area contributed by atoms with Crippen LogP contribution < -0.4 is 0 Å². The Hall–Kier alpha value is -0.440. The zero-order valence-corrected chi connectivity index (χ0v) is 16.0. The van der Waals surface area contributed by atoms with E-state index in [0.29, 0.717) is 5.41 Å². The molecule has 2 fully saturated rings. The van der Waals surface area contributed by atoms with E-state index in [1.807, 2.05) is 0 Å². The fourth-order valence-electron chi connectivity index (χ4n) is 4.86. The number of hydrogen-bond donors (Lipinski definition) is 0. The maximum Gasteiger partial charge on any atom is 0.0314 e. The molecule has 0 bridgehead atoms. The Bertz CT molecular complexity index is 350. The number of rotatable bonds is 7. The van der Waals surface area contributed by atoms with Crippen molar-refractivity contribution in [3.63, 3.8) is 0 Å². The number of hydrogen-bond acceptors (Lipinski definition) is 0. The van der Waals surface area contributed by atoms with E-state index < -0.39 is 0 Å². The zero-order chi connectivity index (χ0) is 16.4. The molecule has 0 aliphatic heterocycles. The monoisotopic (exact) mass is 316 g/mol. The molecule has 0 heterocycles. The first-order valence-electron chi connectivity index (χ1n) is 10.8. The van der Waals surface area contributed by atoms with E-state index in [-0.39, 0.29) is 0 Å². The molecule has 0 atom stereocenters. The fraction of sp³-hybridized carbons (Fsp3) is 0.913. The van der Waals surface area contributed by atoms with E-state index in [0.717, 1.165) is 11.8 Å². The molecule has 2 aliphatic carbocycles. The SMILES string of the molecule is CCCCCCC1CCC(C#CC2(CCC)CCCCC2)CC1. The van der Waals surface area contributed by atoms with Crippen molar-refractivity contribution in [2.45, 2.75) is 117 Å². The summed E-state index contributed by atoms with van der Waals surface area (Å²) in [5.41, 5.74) is 0.407. The average molecular weight is 317 g/mol. The Balaban J connectivity index is 1.75. The molecule has 2 aliphatic rings. The van der Waals surface area contributed by atoms with Crippen molar-refractivity contribution in [1.82, 2.24) is 0 Å². The van der Waals surface area contributed by atoms with Crippen LogP contribution in [0.15, 0.2) is 0 Å². The summed E-state index contributed by atoms with van der Waals surface area (Å²) < 4.78 is 0. The first kappa shape index (κ1) is 18.9. The molecule has 0 radical (unpaired) electrons. The molecule has 0 saturated heterocycles. The zero-order valence-electron chi connectivity index (χ0n) is 16.0. The van der Waals surface area contributed by atoms with E-state index >= 15 is 0 Å². The van der Waals surface area contributed by atoms with Gasteiger partial charge in [-0.15, -0.1) is 0 Å². The first-order valence-corrected chi connectivity index (χ1v) is 10.8. The van der Waals surface area contributed by atoms with Gasteiger partial charge >= 0.3 is 0 Å². The molecule has 0 N–H and O–H groups in total. The lowest BCUT2D eigenvalue weighted by atomic mass is 9.71. The Labute approximate surface area is 146 Å². The van der Waals surface area contributed by atoms with Crippen LogP contribution in [0.3, 0.4) is 0 Å². The van der Waals surface area contributed by atoms with Gasteiger partial charge in [0.05, 0.1) is 0 Å². The van der Waals surface area contributed by atoms with E-state index in [4.69, 9.17) is 0 Å². The van der Waals surface area contributed by atoms with E-state index in [2.05, 4.69) is 25.7 Å². The largest absolute Gasteiger partial charge is 0.0993 e. The van der Waals surface area contributed by atoms with Crippen LogP contribution in [0.2, 0.25) is 0 Å². The van der Waals surface area contributed by atoms with Gasteiger partial charge in [0.2, 0.25) is 0 Å². The fourth-order valence-corrected chi connectivity index (χ4v) is 4.86. The van der Waals surface area contributed by atoms with Crippen LogP contribution in [0.4, 0.5) is 0 Å². The molecule has 0 aromatic rings. The first-order chi connectivity index (χ1) is 11.3. The van der Waals surface area contributed by atoms with Gasteiger partial charge in [-0.25, -0.2) is 0 Å². The van der Waals surface area contributed by atoms with Gasteiger partial charge in [0, 0.05) is 11.3 Å². The maximum absolute atomic E-state index is 3.83. The highest BCUT2D eigenvalue weighted by Gasteiger charge is 2.29. The van der Waals surface area contributed by atoms with Crippen LogP contribution in [-0.4, -0.2) is 0 Å². The van der Waals surface area contributed by atoms with Crippen molar-refractivity contribution in [3.05, 3.63) is 0 Å². The molecule has 23 heavy (non-hydrogen) atoms. The van der Waals surface area contributed by atoms with Gasteiger partial charge < -0.3 is 0 Å². The molecule has 0 spiro atoms. The summed E-state index contributed by atoms with van der Waals surface area (Å²) >= 11 is 0. The summed E-state index contributed by atoms with van der Waals surface area (Å²) in [7, 11) is 0. The number of unbranched alkanes of at least 4 members (excludes halogenated alkanes) is 3. The highest BCUT2D eigenvalue weighted by Crippen LogP contribution is 2.40. The van der Waals surface area contributed by atoms with Crippen molar-refractivity contribution in [3.8, 4) is 11.8 Å². The van der Waals surface area contributed by atoms with Crippen molar-refractivity contribution >= 4 is 0 Å². The molecule has 0 aromatic carbocycles. The predicted molar refractivity (Wildman–Crippen MR) is 102 cm³/mol. The Morgan fingerprint density at radius 3 is 2.22 bits per heavy atom. The van der Waals surface area contributed by atoms with Crippen molar-refractivity contribution < 1.29 is 0 Å². The van der Waals surface area contributed by atoms with Crippen LogP contribution >= 0.6 is 0 Å². The third-order valence-electron chi connectivity index (χ3n) is 6.39. The summed E-state index contributed by atoms with van der Waals surface area (Å²) in [6, 6.07) is 0. The molecule has 132 valence electrons. The molecular weight excluding hydrogens is 276 g/mol. The van der Waals surface area contributed by atoms with E-state index in [1.54, 1.807) is 0 Å². The molecule has 0 aromatic heterocycles. The van der Waals surface area contributed by atoms with Gasteiger partial charge in [-0.3, -0.25) is 0 Å². The van der Waals surface area contributed by atoms with Crippen LogP contribution in [0.1, 0.15) is 117 Å². The lowest BCUT2D eigenvalue weighted by Gasteiger charge is -2.33. The summed E-state index contributed by atoms with van der Waals surface area (Å²) in [6.45, 7) is 4.64. The maximum atomic E-state index is 3.83. The highest BCUT2D eigenvalue weighted by atomic mass is 14.3. The minimum Gasteiger partial charge on any atom is -0.0993 e. The van der Waals surface area contributed by atoms with Crippen LogP contribution in [0.25, 0.3) is 0 Å². The standard InChI is InChI=1S/C23H40/c1-3-5-6-8-11-21-12-14-22(15-13-21)16-20-23(17-4-2)18-9-7-10-19-23/h21-22H,3-15,17-19H2,1-2H3.